The first-order chi connectivity index (χ1) is 12.0. The van der Waals surface area contributed by atoms with E-state index in [-0.39, 0.29) is 11.9 Å². The van der Waals surface area contributed by atoms with Gasteiger partial charge in [-0.25, -0.2) is 4.98 Å². The van der Waals surface area contributed by atoms with Crippen molar-refractivity contribution >= 4 is 5.91 Å². The summed E-state index contributed by atoms with van der Waals surface area (Å²) in [5.74, 6) is 0.709. The molecule has 132 valence electrons. The van der Waals surface area contributed by atoms with E-state index in [0.717, 1.165) is 34.6 Å². The number of hydrogen-bond acceptors (Lipinski definition) is 5. The number of nitrogens with two attached hydrogens (primary N) is 2. The van der Waals surface area contributed by atoms with Gasteiger partial charge in [-0.05, 0) is 48.2 Å². The largest absolute Gasteiger partial charge is 0.497 e. The SMILES string of the molecule is COc1ccc(-c2cc(C(=O)N3CC[C@@H](N)C3)nc(C)c2CN)cc1. The van der Waals surface area contributed by atoms with Gasteiger partial charge >= 0.3 is 0 Å². The number of amides is 1. The lowest BCUT2D eigenvalue weighted by Crippen LogP contribution is -2.32. The van der Waals surface area contributed by atoms with E-state index in [2.05, 4.69) is 4.98 Å². The predicted molar refractivity (Wildman–Crippen MR) is 97.3 cm³/mol. The first-order valence-corrected chi connectivity index (χ1v) is 8.43. The number of methoxy groups -OCH3 is 1. The molecule has 1 saturated heterocycles. The number of pyridine rings is 1. The third-order valence-electron chi connectivity index (χ3n) is 4.67. The second-order valence-corrected chi connectivity index (χ2v) is 6.35. The van der Waals surface area contributed by atoms with Gasteiger partial charge in [0.05, 0.1) is 7.11 Å². The number of carbonyl (C=O) groups excluding carboxylic acids is 1. The van der Waals surface area contributed by atoms with Gasteiger partial charge in [-0.2, -0.15) is 0 Å². The van der Waals surface area contributed by atoms with Crippen LogP contribution in [0.15, 0.2) is 30.3 Å². The fourth-order valence-electron chi connectivity index (χ4n) is 3.23. The van der Waals surface area contributed by atoms with Crippen molar-refractivity contribution in [1.82, 2.24) is 9.88 Å². The molecule has 6 heteroatoms. The Bertz CT molecular complexity index is 774. The van der Waals surface area contributed by atoms with Crippen molar-refractivity contribution in [2.75, 3.05) is 20.2 Å². The van der Waals surface area contributed by atoms with Crippen molar-refractivity contribution in [3.63, 3.8) is 0 Å². The number of rotatable bonds is 4. The van der Waals surface area contributed by atoms with E-state index in [0.29, 0.717) is 25.3 Å². The Kier molecular flexibility index (Phi) is 5.01. The Morgan fingerprint density at radius 2 is 2.08 bits per heavy atom. The van der Waals surface area contributed by atoms with Gasteiger partial charge in [0.1, 0.15) is 11.4 Å². The van der Waals surface area contributed by atoms with E-state index >= 15 is 0 Å². The molecule has 4 N–H and O–H groups in total. The molecule has 0 radical (unpaired) electrons. The number of nitrogens with zero attached hydrogens (tertiary/aromatic N) is 2. The smallest absolute Gasteiger partial charge is 0.272 e. The highest BCUT2D eigenvalue weighted by molar-refractivity contribution is 5.94. The summed E-state index contributed by atoms with van der Waals surface area (Å²) in [4.78, 5) is 19.1. The number of carbonyl (C=O) groups is 1. The molecular formula is C19H24N4O2. The van der Waals surface area contributed by atoms with Crippen molar-refractivity contribution in [3.8, 4) is 16.9 Å². The minimum absolute atomic E-state index is 0.0504. The Labute approximate surface area is 147 Å². The molecule has 1 aliphatic heterocycles. The Hall–Kier alpha value is -2.44. The average Bonchev–Trinajstić information content (AvgIpc) is 3.07. The molecular weight excluding hydrogens is 316 g/mol. The van der Waals surface area contributed by atoms with E-state index in [1.54, 1.807) is 12.0 Å². The van der Waals surface area contributed by atoms with E-state index in [9.17, 15) is 4.79 Å². The van der Waals surface area contributed by atoms with Crippen molar-refractivity contribution in [2.45, 2.75) is 25.9 Å². The third-order valence-corrected chi connectivity index (χ3v) is 4.67. The number of benzene rings is 1. The van der Waals surface area contributed by atoms with Gasteiger partial charge in [0.2, 0.25) is 0 Å². The van der Waals surface area contributed by atoms with Gasteiger partial charge in [0, 0.05) is 31.4 Å². The molecule has 2 heterocycles. The standard InChI is InChI=1S/C19H24N4O2/c1-12-17(10-20)16(13-3-5-15(25-2)6-4-13)9-18(22-12)19(24)23-8-7-14(21)11-23/h3-6,9,14H,7-8,10-11,20-21H2,1-2H3/t14-/m1/s1. The van der Waals surface area contributed by atoms with Gasteiger partial charge in [-0.3, -0.25) is 4.79 Å². The number of hydrogen-bond donors (Lipinski definition) is 2. The van der Waals surface area contributed by atoms with E-state index < -0.39 is 0 Å². The Morgan fingerprint density at radius 3 is 2.64 bits per heavy atom. The van der Waals surface area contributed by atoms with Crippen LogP contribution >= 0.6 is 0 Å². The van der Waals surface area contributed by atoms with Crippen molar-refractivity contribution in [1.29, 1.82) is 0 Å². The van der Waals surface area contributed by atoms with Crippen LogP contribution in [0.3, 0.4) is 0 Å². The van der Waals surface area contributed by atoms with E-state index in [4.69, 9.17) is 16.2 Å². The highest BCUT2D eigenvalue weighted by Gasteiger charge is 2.26. The molecule has 1 fully saturated rings. The van der Waals surface area contributed by atoms with Crippen LogP contribution in [0.5, 0.6) is 5.75 Å². The van der Waals surface area contributed by atoms with Crippen molar-refractivity contribution in [2.24, 2.45) is 11.5 Å². The fraction of sp³-hybridized carbons (Fsp3) is 0.368. The summed E-state index contributed by atoms with van der Waals surface area (Å²) < 4.78 is 5.22. The van der Waals surface area contributed by atoms with Crippen molar-refractivity contribution < 1.29 is 9.53 Å². The second-order valence-electron chi connectivity index (χ2n) is 6.35. The first kappa shape index (κ1) is 17.4. The van der Waals surface area contributed by atoms with Gasteiger partial charge in [0.25, 0.3) is 5.91 Å². The molecule has 1 amide bonds. The van der Waals surface area contributed by atoms with Gasteiger partial charge in [-0.15, -0.1) is 0 Å². The molecule has 1 aromatic carbocycles. The van der Waals surface area contributed by atoms with E-state index in [1.807, 2.05) is 37.3 Å². The zero-order valence-corrected chi connectivity index (χ0v) is 14.7. The van der Waals surface area contributed by atoms with Crippen LogP contribution in [0.25, 0.3) is 11.1 Å². The highest BCUT2D eigenvalue weighted by atomic mass is 16.5. The van der Waals surface area contributed by atoms with E-state index in [1.165, 1.54) is 0 Å². The summed E-state index contributed by atoms with van der Waals surface area (Å²) >= 11 is 0. The summed E-state index contributed by atoms with van der Waals surface area (Å²) in [5, 5.41) is 0. The van der Waals surface area contributed by atoms with Crippen LogP contribution in [0.2, 0.25) is 0 Å². The lowest BCUT2D eigenvalue weighted by atomic mass is 9.97. The van der Waals surface area contributed by atoms with Crippen LogP contribution < -0.4 is 16.2 Å². The lowest BCUT2D eigenvalue weighted by Gasteiger charge is -2.18. The minimum Gasteiger partial charge on any atom is -0.497 e. The molecule has 1 atom stereocenters. The molecule has 0 bridgehead atoms. The normalized spacial score (nSPS) is 17.0. The minimum atomic E-state index is -0.0746. The number of ether oxygens (including phenoxy) is 1. The summed E-state index contributed by atoms with van der Waals surface area (Å²) in [6.45, 7) is 3.51. The molecule has 1 aromatic heterocycles. The predicted octanol–water partition coefficient (Wildman–Crippen LogP) is 1.70. The van der Waals surface area contributed by atoms with Crippen LogP contribution in [0.1, 0.15) is 28.2 Å². The molecule has 25 heavy (non-hydrogen) atoms. The summed E-state index contributed by atoms with van der Waals surface area (Å²) in [5.41, 5.74) is 15.9. The average molecular weight is 340 g/mol. The summed E-state index contributed by atoms with van der Waals surface area (Å²) in [7, 11) is 1.63. The number of aryl methyl sites for hydroxylation is 1. The number of likely N-dealkylation sites (tertiary alicyclic amines) is 1. The lowest BCUT2D eigenvalue weighted by molar-refractivity contribution is 0.0785. The molecule has 0 saturated carbocycles. The summed E-state index contributed by atoms with van der Waals surface area (Å²) in [6.07, 6.45) is 0.830. The zero-order chi connectivity index (χ0) is 18.0. The topological polar surface area (TPSA) is 94.5 Å². The van der Waals surface area contributed by atoms with Gasteiger partial charge in [-0.1, -0.05) is 12.1 Å². The first-order valence-electron chi connectivity index (χ1n) is 8.43. The molecule has 3 rings (SSSR count). The van der Waals surface area contributed by atoms with Crippen LogP contribution in [-0.4, -0.2) is 42.0 Å². The summed E-state index contributed by atoms with van der Waals surface area (Å²) in [6, 6.07) is 9.61. The Balaban J connectivity index is 2.01. The maximum atomic E-state index is 12.8. The molecule has 0 aliphatic carbocycles. The second kappa shape index (κ2) is 7.21. The quantitative estimate of drug-likeness (QED) is 0.883. The van der Waals surface area contributed by atoms with Gasteiger partial charge in [0.15, 0.2) is 0 Å². The molecule has 2 aromatic rings. The van der Waals surface area contributed by atoms with Crippen molar-refractivity contribution in [3.05, 3.63) is 47.3 Å². The van der Waals surface area contributed by atoms with Crippen LogP contribution in [0, 0.1) is 6.92 Å². The fourth-order valence-corrected chi connectivity index (χ4v) is 3.23. The maximum Gasteiger partial charge on any atom is 0.272 e. The molecule has 0 unspecified atom stereocenters. The molecule has 6 nitrogen and oxygen atoms in total. The molecule has 1 aliphatic rings. The van der Waals surface area contributed by atoms with Crippen LogP contribution in [0.4, 0.5) is 0 Å². The third kappa shape index (κ3) is 3.50. The maximum absolute atomic E-state index is 12.8. The molecule has 0 spiro atoms. The van der Waals surface area contributed by atoms with Gasteiger partial charge < -0.3 is 21.1 Å². The zero-order valence-electron chi connectivity index (χ0n) is 14.7. The highest BCUT2D eigenvalue weighted by Crippen LogP contribution is 2.28. The van der Waals surface area contributed by atoms with Crippen LogP contribution in [-0.2, 0) is 6.54 Å². The Morgan fingerprint density at radius 1 is 1.36 bits per heavy atom. The number of aromatic nitrogens is 1. The monoisotopic (exact) mass is 340 g/mol.